The summed E-state index contributed by atoms with van der Waals surface area (Å²) >= 11 is 1.78. The van der Waals surface area contributed by atoms with Crippen molar-refractivity contribution in [3.63, 3.8) is 0 Å². The maximum absolute atomic E-state index is 4.52. The Bertz CT molecular complexity index is 359. The minimum absolute atomic E-state index is 0.706. The van der Waals surface area contributed by atoms with E-state index in [0.717, 1.165) is 24.1 Å². The van der Waals surface area contributed by atoms with E-state index in [-0.39, 0.29) is 0 Å². The van der Waals surface area contributed by atoms with E-state index in [4.69, 9.17) is 0 Å². The second kappa shape index (κ2) is 6.67. The molecule has 1 saturated carbocycles. The molecular formula is C15H26N2S. The number of hydrogen-bond acceptors (Lipinski definition) is 3. The number of aryl methyl sites for hydroxylation is 1. The molecular weight excluding hydrogens is 240 g/mol. The smallest absolute Gasteiger partial charge is 0.107 e. The summed E-state index contributed by atoms with van der Waals surface area (Å²) in [6.07, 6.45) is 6.89. The van der Waals surface area contributed by atoms with Crippen molar-refractivity contribution in [1.29, 1.82) is 0 Å². The van der Waals surface area contributed by atoms with Crippen LogP contribution in [-0.2, 0) is 6.54 Å². The Balaban J connectivity index is 1.77. The lowest BCUT2D eigenvalue weighted by Gasteiger charge is -2.18. The van der Waals surface area contributed by atoms with Crippen LogP contribution in [0.1, 0.15) is 56.7 Å². The molecule has 0 spiro atoms. The third kappa shape index (κ3) is 4.06. The molecule has 1 heterocycles. The van der Waals surface area contributed by atoms with Crippen molar-refractivity contribution in [3.8, 4) is 0 Å². The third-order valence-electron chi connectivity index (χ3n) is 4.16. The zero-order chi connectivity index (χ0) is 13.0. The van der Waals surface area contributed by atoms with Crippen LogP contribution in [0.4, 0.5) is 0 Å². The van der Waals surface area contributed by atoms with Crippen LogP contribution in [-0.4, -0.2) is 11.0 Å². The summed E-state index contributed by atoms with van der Waals surface area (Å²) in [6, 6.07) is 0.706. The van der Waals surface area contributed by atoms with E-state index in [2.05, 4.69) is 36.5 Å². The minimum atomic E-state index is 0.706. The number of nitrogens with one attached hydrogen (secondary N) is 1. The van der Waals surface area contributed by atoms with Gasteiger partial charge in [0.15, 0.2) is 0 Å². The molecule has 1 aromatic heterocycles. The number of thiazole rings is 1. The van der Waals surface area contributed by atoms with E-state index in [1.807, 2.05) is 0 Å². The fourth-order valence-electron chi connectivity index (χ4n) is 2.92. The van der Waals surface area contributed by atoms with Gasteiger partial charge in [-0.05, 0) is 38.0 Å². The SMILES string of the molecule is Cc1csc(CNC2CCCC(C(C)C)CC2)n1. The molecule has 1 aliphatic rings. The Morgan fingerprint density at radius 1 is 1.33 bits per heavy atom. The Hall–Kier alpha value is -0.410. The molecule has 1 N–H and O–H groups in total. The van der Waals surface area contributed by atoms with Crippen molar-refractivity contribution >= 4 is 11.3 Å². The van der Waals surface area contributed by atoms with E-state index in [0.29, 0.717) is 6.04 Å². The van der Waals surface area contributed by atoms with Crippen molar-refractivity contribution in [2.45, 2.75) is 65.5 Å². The molecule has 102 valence electrons. The Labute approximate surface area is 115 Å². The fourth-order valence-corrected chi connectivity index (χ4v) is 3.64. The Kier molecular flexibility index (Phi) is 5.19. The highest BCUT2D eigenvalue weighted by molar-refractivity contribution is 7.09. The van der Waals surface area contributed by atoms with Gasteiger partial charge in [-0.2, -0.15) is 0 Å². The van der Waals surface area contributed by atoms with Crippen LogP contribution in [0.2, 0.25) is 0 Å². The van der Waals surface area contributed by atoms with Crippen molar-refractivity contribution in [2.24, 2.45) is 11.8 Å². The number of hydrogen-bond donors (Lipinski definition) is 1. The summed E-state index contributed by atoms with van der Waals surface area (Å²) in [5, 5.41) is 7.07. The second-order valence-electron chi connectivity index (χ2n) is 5.97. The summed E-state index contributed by atoms with van der Waals surface area (Å²) < 4.78 is 0. The number of rotatable bonds is 4. The van der Waals surface area contributed by atoms with Crippen LogP contribution in [0.3, 0.4) is 0 Å². The van der Waals surface area contributed by atoms with Gasteiger partial charge in [0.2, 0.25) is 0 Å². The highest BCUT2D eigenvalue weighted by atomic mass is 32.1. The molecule has 2 nitrogen and oxygen atoms in total. The minimum Gasteiger partial charge on any atom is -0.308 e. The molecule has 0 amide bonds. The normalized spacial score (nSPS) is 25.3. The maximum atomic E-state index is 4.52. The van der Waals surface area contributed by atoms with Crippen LogP contribution in [0.25, 0.3) is 0 Å². The molecule has 1 fully saturated rings. The predicted octanol–water partition coefficient (Wildman–Crippen LogP) is 4.15. The van der Waals surface area contributed by atoms with E-state index in [1.54, 1.807) is 11.3 Å². The Morgan fingerprint density at radius 3 is 2.83 bits per heavy atom. The molecule has 0 aliphatic heterocycles. The summed E-state index contributed by atoms with van der Waals surface area (Å²) in [5.74, 6) is 1.80. The van der Waals surface area contributed by atoms with Gasteiger partial charge in [0.25, 0.3) is 0 Å². The first kappa shape index (κ1) is 14.0. The molecule has 3 heteroatoms. The molecule has 0 saturated heterocycles. The molecule has 0 radical (unpaired) electrons. The first-order valence-corrected chi connectivity index (χ1v) is 8.17. The molecule has 0 aromatic carbocycles. The fraction of sp³-hybridized carbons (Fsp3) is 0.800. The van der Waals surface area contributed by atoms with Crippen molar-refractivity contribution in [1.82, 2.24) is 10.3 Å². The zero-order valence-corrected chi connectivity index (χ0v) is 12.7. The van der Waals surface area contributed by atoms with Gasteiger partial charge in [-0.3, -0.25) is 0 Å². The van der Waals surface area contributed by atoms with Crippen molar-refractivity contribution < 1.29 is 0 Å². The van der Waals surface area contributed by atoms with Crippen LogP contribution in [0, 0.1) is 18.8 Å². The molecule has 1 aliphatic carbocycles. The summed E-state index contributed by atoms with van der Waals surface area (Å²) in [5.41, 5.74) is 1.15. The summed E-state index contributed by atoms with van der Waals surface area (Å²) in [4.78, 5) is 4.52. The summed E-state index contributed by atoms with van der Waals surface area (Å²) in [7, 11) is 0. The van der Waals surface area contributed by atoms with Gasteiger partial charge in [0, 0.05) is 23.7 Å². The Morgan fingerprint density at radius 2 is 2.17 bits per heavy atom. The highest BCUT2D eigenvalue weighted by Crippen LogP contribution is 2.28. The topological polar surface area (TPSA) is 24.9 Å². The van der Waals surface area contributed by atoms with Gasteiger partial charge in [-0.15, -0.1) is 11.3 Å². The molecule has 2 rings (SSSR count). The van der Waals surface area contributed by atoms with E-state index < -0.39 is 0 Å². The molecule has 1 aromatic rings. The molecule has 18 heavy (non-hydrogen) atoms. The van der Waals surface area contributed by atoms with Crippen LogP contribution in [0.15, 0.2) is 5.38 Å². The lowest BCUT2D eigenvalue weighted by molar-refractivity contribution is 0.337. The first-order valence-electron chi connectivity index (χ1n) is 7.29. The second-order valence-corrected chi connectivity index (χ2v) is 6.92. The van der Waals surface area contributed by atoms with Gasteiger partial charge < -0.3 is 5.32 Å². The lowest BCUT2D eigenvalue weighted by atomic mass is 9.89. The zero-order valence-electron chi connectivity index (χ0n) is 11.9. The van der Waals surface area contributed by atoms with Gasteiger partial charge >= 0.3 is 0 Å². The maximum Gasteiger partial charge on any atom is 0.107 e. The number of nitrogens with zero attached hydrogens (tertiary/aromatic N) is 1. The molecule has 2 atom stereocenters. The predicted molar refractivity (Wildman–Crippen MR) is 78.9 cm³/mol. The van der Waals surface area contributed by atoms with Crippen molar-refractivity contribution in [3.05, 3.63) is 16.1 Å². The molecule has 2 unspecified atom stereocenters. The average molecular weight is 266 g/mol. The largest absolute Gasteiger partial charge is 0.308 e. The van der Waals surface area contributed by atoms with Gasteiger partial charge in [-0.1, -0.05) is 26.7 Å². The quantitative estimate of drug-likeness (QED) is 0.828. The van der Waals surface area contributed by atoms with E-state index >= 15 is 0 Å². The van der Waals surface area contributed by atoms with Gasteiger partial charge in [0.1, 0.15) is 5.01 Å². The van der Waals surface area contributed by atoms with Crippen LogP contribution >= 0.6 is 11.3 Å². The summed E-state index contributed by atoms with van der Waals surface area (Å²) in [6.45, 7) is 7.77. The van der Waals surface area contributed by atoms with Gasteiger partial charge in [-0.25, -0.2) is 4.98 Å². The monoisotopic (exact) mass is 266 g/mol. The average Bonchev–Trinajstić information content (AvgIpc) is 2.62. The highest BCUT2D eigenvalue weighted by Gasteiger charge is 2.20. The standard InChI is InChI=1S/C15H26N2S/c1-11(2)13-5-4-6-14(8-7-13)16-9-15-17-12(3)10-18-15/h10-11,13-14,16H,4-9H2,1-3H3. The number of aromatic nitrogens is 1. The third-order valence-corrected chi connectivity index (χ3v) is 5.13. The van der Waals surface area contributed by atoms with E-state index in [1.165, 1.54) is 37.1 Å². The first-order chi connectivity index (χ1) is 8.65. The van der Waals surface area contributed by atoms with Crippen molar-refractivity contribution in [2.75, 3.05) is 0 Å². The van der Waals surface area contributed by atoms with E-state index in [9.17, 15) is 0 Å². The van der Waals surface area contributed by atoms with Gasteiger partial charge in [0.05, 0.1) is 0 Å². The van der Waals surface area contributed by atoms with Crippen LogP contribution in [0.5, 0.6) is 0 Å². The van der Waals surface area contributed by atoms with Crippen LogP contribution < -0.4 is 5.32 Å². The lowest BCUT2D eigenvalue weighted by Crippen LogP contribution is -2.28. The molecule has 0 bridgehead atoms.